The maximum absolute atomic E-state index is 12.4. The van der Waals surface area contributed by atoms with Gasteiger partial charge in [-0.1, -0.05) is 34.5 Å². The Morgan fingerprint density at radius 2 is 1.94 bits per heavy atom. The molecule has 4 heterocycles. The molecule has 8 nitrogen and oxygen atoms in total. The molecule has 5 rings (SSSR count). The van der Waals surface area contributed by atoms with Crippen molar-refractivity contribution >= 4 is 40.4 Å². The van der Waals surface area contributed by atoms with Gasteiger partial charge in [0.1, 0.15) is 10.8 Å². The fourth-order valence-electron chi connectivity index (χ4n) is 3.47. The second-order valence-corrected chi connectivity index (χ2v) is 9.52. The van der Waals surface area contributed by atoms with E-state index in [1.165, 1.54) is 17.4 Å². The standard InChI is InChI=1S/C24H16Cl2N6O2S/c25-21-8-4-15(12-27-21)18-11-17(31-10-2-1-3-23(31)33)5-6-19(18)32-14-16(29-30-32)13-28-24(34)20-7-9-22(26)35-20/h1-12,14H,13H2,(H,28,34). The largest absolute Gasteiger partial charge is 0.346 e. The van der Waals surface area contributed by atoms with Gasteiger partial charge in [0, 0.05) is 35.3 Å². The number of nitrogens with one attached hydrogen (secondary N) is 1. The van der Waals surface area contributed by atoms with Crippen LogP contribution < -0.4 is 10.9 Å². The minimum absolute atomic E-state index is 0.147. The lowest BCUT2D eigenvalue weighted by atomic mass is 10.0. The van der Waals surface area contributed by atoms with Crippen LogP contribution in [-0.4, -0.2) is 30.5 Å². The van der Waals surface area contributed by atoms with Crippen LogP contribution in [0, 0.1) is 0 Å². The number of hydrogen-bond acceptors (Lipinski definition) is 6. The molecule has 0 aliphatic carbocycles. The zero-order chi connectivity index (χ0) is 24.4. The van der Waals surface area contributed by atoms with Gasteiger partial charge >= 0.3 is 0 Å². The van der Waals surface area contributed by atoms with Gasteiger partial charge in [-0.3, -0.25) is 14.2 Å². The van der Waals surface area contributed by atoms with Crippen LogP contribution in [-0.2, 0) is 6.54 Å². The number of carbonyl (C=O) groups is 1. The van der Waals surface area contributed by atoms with Crippen LogP contribution in [0.2, 0.25) is 9.49 Å². The average molecular weight is 523 g/mol. The molecular formula is C24H16Cl2N6O2S. The van der Waals surface area contributed by atoms with E-state index in [2.05, 4.69) is 20.6 Å². The van der Waals surface area contributed by atoms with Crippen molar-refractivity contribution < 1.29 is 4.79 Å². The maximum Gasteiger partial charge on any atom is 0.261 e. The number of halogens is 2. The van der Waals surface area contributed by atoms with Crippen LogP contribution in [0.25, 0.3) is 22.5 Å². The minimum Gasteiger partial charge on any atom is -0.346 e. The Bertz CT molecular complexity index is 1580. The number of benzene rings is 1. The zero-order valence-corrected chi connectivity index (χ0v) is 20.3. The van der Waals surface area contributed by atoms with Gasteiger partial charge in [0.15, 0.2) is 0 Å². The summed E-state index contributed by atoms with van der Waals surface area (Å²) in [6.07, 6.45) is 5.10. The normalized spacial score (nSPS) is 10.9. The molecule has 1 aromatic carbocycles. The highest BCUT2D eigenvalue weighted by Gasteiger charge is 2.14. The molecule has 4 aromatic heterocycles. The highest BCUT2D eigenvalue weighted by molar-refractivity contribution is 7.18. The van der Waals surface area contributed by atoms with E-state index in [9.17, 15) is 9.59 Å². The van der Waals surface area contributed by atoms with E-state index in [0.717, 1.165) is 16.8 Å². The molecule has 0 atom stereocenters. The third kappa shape index (κ3) is 5.02. The van der Waals surface area contributed by atoms with Gasteiger partial charge in [0.25, 0.3) is 11.5 Å². The van der Waals surface area contributed by atoms with E-state index in [-0.39, 0.29) is 18.0 Å². The van der Waals surface area contributed by atoms with Crippen LogP contribution in [0.5, 0.6) is 0 Å². The first-order valence-electron chi connectivity index (χ1n) is 10.4. The lowest BCUT2D eigenvalue weighted by Crippen LogP contribution is -2.21. The summed E-state index contributed by atoms with van der Waals surface area (Å²) in [5.74, 6) is -0.234. The summed E-state index contributed by atoms with van der Waals surface area (Å²) in [7, 11) is 0. The topological polar surface area (TPSA) is 94.7 Å². The minimum atomic E-state index is -0.234. The van der Waals surface area contributed by atoms with Crippen LogP contribution in [0.4, 0.5) is 0 Å². The van der Waals surface area contributed by atoms with Crippen molar-refractivity contribution in [2.24, 2.45) is 0 Å². The molecule has 174 valence electrons. The third-order valence-electron chi connectivity index (χ3n) is 5.13. The van der Waals surface area contributed by atoms with E-state index in [1.807, 2.05) is 24.3 Å². The molecular weight excluding hydrogens is 507 g/mol. The second-order valence-electron chi connectivity index (χ2n) is 7.42. The molecule has 0 aliphatic rings. The van der Waals surface area contributed by atoms with Crippen LogP contribution in [0.15, 0.2) is 84.0 Å². The van der Waals surface area contributed by atoms with Gasteiger partial charge in [-0.25, -0.2) is 9.67 Å². The van der Waals surface area contributed by atoms with Crippen molar-refractivity contribution in [3.63, 3.8) is 0 Å². The molecule has 5 aromatic rings. The number of pyridine rings is 2. The highest BCUT2D eigenvalue weighted by Crippen LogP contribution is 2.29. The van der Waals surface area contributed by atoms with Gasteiger partial charge in [0.2, 0.25) is 0 Å². The van der Waals surface area contributed by atoms with Crippen LogP contribution in [0.1, 0.15) is 15.4 Å². The number of amides is 1. The predicted molar refractivity (Wildman–Crippen MR) is 136 cm³/mol. The molecule has 0 spiro atoms. The number of nitrogens with zero attached hydrogens (tertiary/aromatic N) is 5. The zero-order valence-electron chi connectivity index (χ0n) is 17.9. The maximum atomic E-state index is 12.4. The number of thiophene rings is 1. The van der Waals surface area contributed by atoms with Crippen molar-refractivity contribution in [1.82, 2.24) is 29.9 Å². The Kier molecular flexibility index (Phi) is 6.45. The second kappa shape index (κ2) is 9.83. The fraction of sp³-hybridized carbons (Fsp3) is 0.0417. The Morgan fingerprint density at radius 1 is 1.06 bits per heavy atom. The van der Waals surface area contributed by atoms with E-state index >= 15 is 0 Å². The molecule has 0 saturated carbocycles. The molecule has 1 N–H and O–H groups in total. The Morgan fingerprint density at radius 3 is 2.69 bits per heavy atom. The van der Waals surface area contributed by atoms with E-state index < -0.39 is 0 Å². The van der Waals surface area contributed by atoms with Crippen LogP contribution in [0.3, 0.4) is 0 Å². The summed E-state index contributed by atoms with van der Waals surface area (Å²) in [5, 5.41) is 11.6. The molecule has 0 saturated heterocycles. The average Bonchev–Trinajstić information content (AvgIpc) is 3.52. The molecule has 1 amide bonds. The summed E-state index contributed by atoms with van der Waals surface area (Å²) in [6.45, 7) is 0.198. The summed E-state index contributed by atoms with van der Waals surface area (Å²) in [5.41, 5.74) is 3.39. The van der Waals surface area contributed by atoms with Crippen molar-refractivity contribution in [3.05, 3.63) is 110 Å². The third-order valence-corrected chi connectivity index (χ3v) is 6.59. The molecule has 0 aliphatic heterocycles. The first-order valence-corrected chi connectivity index (χ1v) is 11.9. The van der Waals surface area contributed by atoms with Gasteiger partial charge in [-0.05, 0) is 48.5 Å². The molecule has 0 fully saturated rings. The molecule has 35 heavy (non-hydrogen) atoms. The van der Waals surface area contributed by atoms with E-state index in [1.54, 1.807) is 58.2 Å². The summed E-state index contributed by atoms with van der Waals surface area (Å²) in [4.78, 5) is 29.4. The highest BCUT2D eigenvalue weighted by atomic mass is 35.5. The fourth-order valence-corrected chi connectivity index (χ4v) is 4.54. The monoisotopic (exact) mass is 522 g/mol. The van der Waals surface area contributed by atoms with Crippen molar-refractivity contribution in [3.8, 4) is 22.5 Å². The van der Waals surface area contributed by atoms with Crippen molar-refractivity contribution in [2.45, 2.75) is 6.54 Å². The lowest BCUT2D eigenvalue weighted by molar-refractivity contribution is 0.0954. The van der Waals surface area contributed by atoms with Gasteiger partial charge < -0.3 is 5.32 Å². The number of carbonyl (C=O) groups excluding carboxylic acids is 1. The van der Waals surface area contributed by atoms with Crippen molar-refractivity contribution in [2.75, 3.05) is 0 Å². The number of aromatic nitrogens is 5. The molecule has 0 unspecified atom stereocenters. The van der Waals surface area contributed by atoms with Crippen molar-refractivity contribution in [1.29, 1.82) is 0 Å². The lowest BCUT2D eigenvalue weighted by Gasteiger charge is -2.13. The van der Waals surface area contributed by atoms with E-state index in [4.69, 9.17) is 23.2 Å². The molecule has 0 radical (unpaired) electrons. The quantitative estimate of drug-likeness (QED) is 0.324. The first-order chi connectivity index (χ1) is 17.0. The summed E-state index contributed by atoms with van der Waals surface area (Å²) >= 11 is 13.1. The number of rotatable bonds is 6. The smallest absolute Gasteiger partial charge is 0.261 e. The Balaban J connectivity index is 1.48. The van der Waals surface area contributed by atoms with Gasteiger partial charge in [-0.15, -0.1) is 16.4 Å². The Labute approximate surface area is 213 Å². The Hall–Kier alpha value is -3.79. The molecule has 0 bridgehead atoms. The molecule has 11 heteroatoms. The van der Waals surface area contributed by atoms with E-state index in [0.29, 0.717) is 25.7 Å². The first kappa shape index (κ1) is 23.0. The van der Waals surface area contributed by atoms with Gasteiger partial charge in [-0.2, -0.15) is 0 Å². The number of hydrogen-bond donors (Lipinski definition) is 1. The summed E-state index contributed by atoms with van der Waals surface area (Å²) in [6, 6.07) is 17.4. The predicted octanol–water partition coefficient (Wildman–Crippen LogP) is 4.78. The van der Waals surface area contributed by atoms with Gasteiger partial charge in [0.05, 0.1) is 27.6 Å². The SMILES string of the molecule is O=C(NCc1cn(-c2ccc(-n3ccccc3=O)cc2-c2ccc(Cl)nc2)nn1)c1ccc(Cl)s1. The van der Waals surface area contributed by atoms with Crippen LogP contribution >= 0.6 is 34.5 Å². The summed E-state index contributed by atoms with van der Waals surface area (Å²) < 4.78 is 3.72.